The Bertz CT molecular complexity index is 1670. The molecule has 0 aliphatic heterocycles. The topological polar surface area (TPSA) is 78.3 Å². The van der Waals surface area contributed by atoms with Crippen molar-refractivity contribution in [2.45, 2.75) is 38.5 Å². The molecule has 0 bridgehead atoms. The highest BCUT2D eigenvalue weighted by Crippen LogP contribution is 2.50. The Morgan fingerprint density at radius 1 is 0.531 bits per heavy atom. The number of nitrogen functional groups attached to an aromatic ring is 2. The van der Waals surface area contributed by atoms with Gasteiger partial charge in [-0.2, -0.15) is 0 Å². The molecule has 6 aromatic rings. The molecule has 8 rings (SSSR count). The van der Waals surface area contributed by atoms with E-state index in [4.69, 9.17) is 20.3 Å². The summed E-state index contributed by atoms with van der Waals surface area (Å²) >= 11 is 0. The van der Waals surface area contributed by atoms with Crippen molar-refractivity contribution in [3.8, 4) is 0 Å². The summed E-state index contributed by atoms with van der Waals surface area (Å²) in [5.74, 6) is 0. The lowest BCUT2D eigenvalue weighted by Crippen LogP contribution is -2.10. The average Bonchev–Trinajstić information content (AvgIpc) is 3.36. The molecule has 32 heavy (non-hydrogen) atoms. The predicted octanol–water partition coefficient (Wildman–Crippen LogP) is 6.78. The monoisotopic (exact) mass is 418 g/mol. The summed E-state index contributed by atoms with van der Waals surface area (Å²) in [6, 6.07) is 12.2. The number of hydrogen-bond donors (Lipinski definition) is 2. The van der Waals surface area contributed by atoms with Crippen molar-refractivity contribution in [3.63, 3.8) is 0 Å². The molecule has 4 heteroatoms. The van der Waals surface area contributed by atoms with Crippen LogP contribution in [0, 0.1) is 0 Å². The van der Waals surface area contributed by atoms with Gasteiger partial charge in [-0.05, 0) is 84.7 Å². The Hall–Kier alpha value is -3.66. The molecule has 156 valence electrons. The molecule has 4 nitrogen and oxygen atoms in total. The Morgan fingerprint density at radius 2 is 0.969 bits per heavy atom. The van der Waals surface area contributed by atoms with Crippen molar-refractivity contribution in [1.82, 2.24) is 0 Å². The summed E-state index contributed by atoms with van der Waals surface area (Å²) in [7, 11) is 0. The van der Waals surface area contributed by atoms with E-state index in [-0.39, 0.29) is 0 Å². The molecule has 2 heterocycles. The molecule has 2 aliphatic rings. The van der Waals surface area contributed by atoms with Crippen LogP contribution in [-0.4, -0.2) is 0 Å². The van der Waals surface area contributed by atoms with Gasteiger partial charge in [0.1, 0.15) is 22.3 Å². The lowest BCUT2D eigenvalue weighted by Gasteiger charge is -2.26. The van der Waals surface area contributed by atoms with Crippen LogP contribution in [0.5, 0.6) is 0 Å². The summed E-state index contributed by atoms with van der Waals surface area (Å²) in [6.45, 7) is 0. The number of aryl methyl sites for hydroxylation is 4. The summed E-state index contributed by atoms with van der Waals surface area (Å²) in [4.78, 5) is 0. The van der Waals surface area contributed by atoms with E-state index in [0.717, 1.165) is 72.2 Å². The Labute approximate surface area is 183 Å². The van der Waals surface area contributed by atoms with E-state index in [2.05, 4.69) is 12.1 Å². The maximum absolute atomic E-state index is 6.54. The van der Waals surface area contributed by atoms with Crippen LogP contribution >= 0.6 is 0 Å². The second-order valence-electron chi connectivity index (χ2n) is 9.49. The van der Waals surface area contributed by atoms with Gasteiger partial charge in [0.05, 0.1) is 0 Å². The molecular weight excluding hydrogens is 396 g/mol. The first-order valence-corrected chi connectivity index (χ1v) is 11.5. The van der Waals surface area contributed by atoms with Crippen LogP contribution in [0.1, 0.15) is 35.1 Å². The molecule has 0 spiro atoms. The molecule has 2 aromatic heterocycles. The van der Waals surface area contributed by atoms with Gasteiger partial charge >= 0.3 is 0 Å². The molecule has 0 radical (unpaired) electrons. The van der Waals surface area contributed by atoms with Gasteiger partial charge in [-0.15, -0.1) is 0 Å². The summed E-state index contributed by atoms with van der Waals surface area (Å²) in [5, 5.41) is 7.78. The van der Waals surface area contributed by atoms with Crippen molar-refractivity contribution < 1.29 is 8.83 Å². The highest BCUT2D eigenvalue weighted by molar-refractivity contribution is 6.22. The van der Waals surface area contributed by atoms with Crippen LogP contribution in [0.3, 0.4) is 0 Å². The van der Waals surface area contributed by atoms with Crippen LogP contribution in [0.2, 0.25) is 0 Å². The molecule has 0 saturated carbocycles. The summed E-state index contributed by atoms with van der Waals surface area (Å²) in [5.41, 5.74) is 23.2. The largest absolute Gasteiger partial charge is 0.456 e. The predicted molar refractivity (Wildman–Crippen MR) is 131 cm³/mol. The van der Waals surface area contributed by atoms with Crippen LogP contribution in [-0.2, 0) is 25.7 Å². The van der Waals surface area contributed by atoms with Gasteiger partial charge in [0.2, 0.25) is 0 Å². The highest BCUT2D eigenvalue weighted by atomic mass is 16.3. The SMILES string of the molecule is Nc1ccc2c(c1)oc1c3c4c(c5c(oc6cc(N)ccc65)c5c4c(c12)CCC5)CCC3. The van der Waals surface area contributed by atoms with Crippen LogP contribution in [0.15, 0.2) is 45.2 Å². The zero-order chi connectivity index (χ0) is 21.1. The van der Waals surface area contributed by atoms with E-state index in [0.29, 0.717) is 0 Å². The number of nitrogens with two attached hydrogens (primary N) is 2. The van der Waals surface area contributed by atoms with Crippen LogP contribution in [0.25, 0.3) is 54.6 Å². The van der Waals surface area contributed by atoms with Gasteiger partial charge < -0.3 is 20.3 Å². The maximum Gasteiger partial charge on any atom is 0.139 e. The molecule has 0 unspecified atom stereocenters. The number of hydrogen-bond acceptors (Lipinski definition) is 4. The second-order valence-corrected chi connectivity index (χ2v) is 9.49. The zero-order valence-corrected chi connectivity index (χ0v) is 17.7. The van der Waals surface area contributed by atoms with E-state index in [1.807, 2.05) is 24.3 Å². The fourth-order valence-corrected chi connectivity index (χ4v) is 6.56. The van der Waals surface area contributed by atoms with Crippen molar-refractivity contribution >= 4 is 66.0 Å². The first-order valence-electron chi connectivity index (χ1n) is 11.5. The summed E-state index contributed by atoms with van der Waals surface area (Å²) in [6.07, 6.45) is 6.46. The first-order chi connectivity index (χ1) is 15.7. The van der Waals surface area contributed by atoms with Crippen molar-refractivity contribution in [2.24, 2.45) is 0 Å². The number of benzene rings is 4. The molecule has 4 N–H and O–H groups in total. The van der Waals surface area contributed by atoms with Gasteiger partial charge in [-0.25, -0.2) is 0 Å². The van der Waals surface area contributed by atoms with Gasteiger partial charge in [-0.1, -0.05) is 0 Å². The van der Waals surface area contributed by atoms with E-state index in [1.54, 1.807) is 0 Å². The van der Waals surface area contributed by atoms with Crippen molar-refractivity contribution in [1.29, 1.82) is 0 Å². The molecule has 2 aliphatic carbocycles. The third-order valence-corrected chi connectivity index (χ3v) is 7.74. The number of fused-ring (bicyclic) bond motifs is 10. The minimum atomic E-state index is 0.744. The Balaban J connectivity index is 1.69. The van der Waals surface area contributed by atoms with E-state index in [9.17, 15) is 0 Å². The third kappa shape index (κ3) is 1.90. The minimum Gasteiger partial charge on any atom is -0.456 e. The molecule has 0 amide bonds. The fourth-order valence-electron chi connectivity index (χ4n) is 6.56. The van der Waals surface area contributed by atoms with Gasteiger partial charge in [0, 0.05) is 56.2 Å². The highest BCUT2D eigenvalue weighted by Gasteiger charge is 2.31. The van der Waals surface area contributed by atoms with Gasteiger partial charge in [0.15, 0.2) is 0 Å². The first kappa shape index (κ1) is 17.0. The normalized spacial score (nSPS) is 15.6. The lowest BCUT2D eigenvalue weighted by atomic mass is 9.77. The molecule has 0 saturated heterocycles. The summed E-state index contributed by atoms with van der Waals surface area (Å²) < 4.78 is 13.1. The van der Waals surface area contributed by atoms with Crippen molar-refractivity contribution in [3.05, 3.63) is 58.7 Å². The number of anilines is 2. The van der Waals surface area contributed by atoms with Crippen molar-refractivity contribution in [2.75, 3.05) is 11.5 Å². The van der Waals surface area contributed by atoms with Gasteiger partial charge in [-0.3, -0.25) is 0 Å². The molecular formula is C28H22N2O2. The number of furan rings is 2. The third-order valence-electron chi connectivity index (χ3n) is 7.74. The van der Waals surface area contributed by atoms with E-state index >= 15 is 0 Å². The van der Waals surface area contributed by atoms with E-state index < -0.39 is 0 Å². The minimum absolute atomic E-state index is 0.744. The standard InChI is InChI=1S/C28H22N2O2/c29-13-7-9-15-21(11-13)32-28-20-6-2-4-18-24(20)23-17(25(15)28)3-1-5-19(23)27-26(18)16-10-8-14(30)12-22(16)31-27/h7-12H,1-6,29-30H2. The zero-order valence-electron chi connectivity index (χ0n) is 17.7. The average molecular weight is 418 g/mol. The molecule has 4 aromatic carbocycles. The fraction of sp³-hybridized carbons (Fsp3) is 0.214. The van der Waals surface area contributed by atoms with Crippen LogP contribution < -0.4 is 11.5 Å². The second kappa shape index (κ2) is 5.57. The Morgan fingerprint density at radius 3 is 1.44 bits per heavy atom. The molecule has 0 atom stereocenters. The smallest absolute Gasteiger partial charge is 0.139 e. The molecule has 0 fully saturated rings. The lowest BCUT2D eigenvalue weighted by molar-refractivity contribution is 0.653. The number of rotatable bonds is 0. The Kier molecular flexibility index (Phi) is 2.95. The maximum atomic E-state index is 6.54. The van der Waals surface area contributed by atoms with E-state index in [1.165, 1.54) is 54.6 Å². The van der Waals surface area contributed by atoms with Gasteiger partial charge in [0.25, 0.3) is 0 Å². The van der Waals surface area contributed by atoms with Crippen LogP contribution in [0.4, 0.5) is 11.4 Å². The quantitative estimate of drug-likeness (QED) is 0.267.